The third kappa shape index (κ3) is 4.43. The van der Waals surface area contributed by atoms with Gasteiger partial charge in [0.15, 0.2) is 6.54 Å². The van der Waals surface area contributed by atoms with Crippen LogP contribution in [0, 0.1) is 17.8 Å². The van der Waals surface area contributed by atoms with E-state index in [1.54, 1.807) is 0 Å². The number of nitrogens with two attached hydrogens (primary N) is 1. The summed E-state index contributed by atoms with van der Waals surface area (Å²) in [5.74, 6) is 1.08. The Morgan fingerprint density at radius 1 is 1.19 bits per heavy atom. The van der Waals surface area contributed by atoms with Crippen molar-refractivity contribution in [1.82, 2.24) is 5.32 Å². The zero-order valence-electron chi connectivity index (χ0n) is 13.4. The van der Waals surface area contributed by atoms with Gasteiger partial charge in [0, 0.05) is 6.04 Å². The van der Waals surface area contributed by atoms with Crippen LogP contribution in [0.1, 0.15) is 46.0 Å². The quantitative estimate of drug-likeness (QED) is 0.666. The van der Waals surface area contributed by atoms with Crippen LogP contribution in [0.15, 0.2) is 0 Å². The zero-order chi connectivity index (χ0) is 15.4. The molecule has 0 aromatic rings. The molecule has 5 nitrogen and oxygen atoms in total. The highest BCUT2D eigenvalue weighted by Crippen LogP contribution is 2.29. The molecule has 1 unspecified atom stereocenters. The van der Waals surface area contributed by atoms with Gasteiger partial charge in [0.25, 0.3) is 5.91 Å². The van der Waals surface area contributed by atoms with Gasteiger partial charge < -0.3 is 16.0 Å². The first kappa shape index (κ1) is 16.3. The summed E-state index contributed by atoms with van der Waals surface area (Å²) in [5, 5.41) is 3.21. The van der Waals surface area contributed by atoms with Crippen LogP contribution in [0.4, 0.5) is 0 Å². The molecule has 0 aromatic heterocycles. The molecule has 1 aliphatic carbocycles. The summed E-state index contributed by atoms with van der Waals surface area (Å²) < 4.78 is 0. The highest BCUT2D eigenvalue weighted by atomic mass is 16.2. The first-order chi connectivity index (χ1) is 9.97. The first-order valence-electron chi connectivity index (χ1n) is 8.39. The van der Waals surface area contributed by atoms with E-state index in [1.807, 2.05) is 0 Å². The molecule has 120 valence electrons. The van der Waals surface area contributed by atoms with Crippen molar-refractivity contribution < 1.29 is 14.5 Å². The highest BCUT2D eigenvalue weighted by molar-refractivity contribution is 5.78. The molecule has 0 spiro atoms. The van der Waals surface area contributed by atoms with E-state index in [-0.39, 0.29) is 17.7 Å². The van der Waals surface area contributed by atoms with E-state index >= 15 is 0 Å². The van der Waals surface area contributed by atoms with Gasteiger partial charge in [-0.1, -0.05) is 26.7 Å². The fourth-order valence-electron chi connectivity index (χ4n) is 3.83. The number of primary amides is 1. The van der Waals surface area contributed by atoms with Crippen LogP contribution in [0.2, 0.25) is 0 Å². The van der Waals surface area contributed by atoms with Gasteiger partial charge in [0.05, 0.1) is 19.0 Å². The van der Waals surface area contributed by atoms with Gasteiger partial charge in [0.2, 0.25) is 5.91 Å². The van der Waals surface area contributed by atoms with Gasteiger partial charge in [-0.2, -0.15) is 0 Å². The Kier molecular flexibility index (Phi) is 5.62. The Balaban J connectivity index is 1.80. The smallest absolute Gasteiger partial charge is 0.275 e. The van der Waals surface area contributed by atoms with Crippen LogP contribution in [0.5, 0.6) is 0 Å². The van der Waals surface area contributed by atoms with Gasteiger partial charge in [0.1, 0.15) is 0 Å². The second kappa shape index (κ2) is 7.25. The monoisotopic (exact) mass is 296 g/mol. The van der Waals surface area contributed by atoms with Crippen molar-refractivity contribution in [1.29, 1.82) is 0 Å². The molecule has 2 rings (SSSR count). The Morgan fingerprint density at radius 3 is 2.67 bits per heavy atom. The average Bonchev–Trinajstić information content (AvgIpc) is 2.44. The summed E-state index contributed by atoms with van der Waals surface area (Å²) in [6.45, 7) is 6.66. The molecule has 0 bridgehead atoms. The van der Waals surface area contributed by atoms with E-state index in [4.69, 9.17) is 5.73 Å². The number of hydrogen-bond acceptors (Lipinski definition) is 2. The number of quaternary nitrogens is 1. The van der Waals surface area contributed by atoms with Crippen LogP contribution in [-0.4, -0.2) is 37.5 Å². The Morgan fingerprint density at radius 2 is 1.95 bits per heavy atom. The van der Waals surface area contributed by atoms with Crippen LogP contribution in [0.25, 0.3) is 0 Å². The van der Waals surface area contributed by atoms with Crippen molar-refractivity contribution in [2.45, 2.75) is 52.0 Å². The second-order valence-corrected chi connectivity index (χ2v) is 7.06. The molecule has 2 amide bonds. The van der Waals surface area contributed by atoms with E-state index in [2.05, 4.69) is 19.2 Å². The van der Waals surface area contributed by atoms with Gasteiger partial charge >= 0.3 is 0 Å². The molecule has 1 aliphatic heterocycles. The average molecular weight is 296 g/mol. The van der Waals surface area contributed by atoms with Crippen molar-refractivity contribution in [2.75, 3.05) is 19.6 Å². The van der Waals surface area contributed by atoms with Gasteiger partial charge in [-0.3, -0.25) is 9.59 Å². The molecular weight excluding hydrogens is 266 g/mol. The summed E-state index contributed by atoms with van der Waals surface area (Å²) in [5.41, 5.74) is 5.39. The van der Waals surface area contributed by atoms with Crippen LogP contribution < -0.4 is 16.0 Å². The SMILES string of the molecule is C[C@@H]1[C@H](C)CCC[C@@H]1NC(=O)C[NH+]1CCC[C@H](C(N)=O)C1. The van der Waals surface area contributed by atoms with E-state index < -0.39 is 0 Å². The van der Waals surface area contributed by atoms with Gasteiger partial charge in [-0.15, -0.1) is 0 Å². The number of amides is 2. The number of piperidine rings is 1. The largest absolute Gasteiger partial charge is 0.369 e. The number of carbonyl (C=O) groups excluding carboxylic acids is 2. The van der Waals surface area contributed by atoms with E-state index in [1.165, 1.54) is 17.7 Å². The third-order valence-electron chi connectivity index (χ3n) is 5.48. The molecule has 21 heavy (non-hydrogen) atoms. The molecule has 1 saturated carbocycles. The number of likely N-dealkylation sites (tertiary alicyclic amines) is 1. The Bertz CT molecular complexity index is 386. The van der Waals surface area contributed by atoms with Crippen LogP contribution in [0.3, 0.4) is 0 Å². The maximum Gasteiger partial charge on any atom is 0.275 e. The summed E-state index contributed by atoms with van der Waals surface area (Å²) in [6, 6.07) is 0.317. The molecule has 5 atom stereocenters. The van der Waals surface area contributed by atoms with Gasteiger partial charge in [-0.25, -0.2) is 0 Å². The predicted molar refractivity (Wildman–Crippen MR) is 81.6 cm³/mol. The molecule has 0 radical (unpaired) electrons. The minimum absolute atomic E-state index is 0.0600. The van der Waals surface area contributed by atoms with Crippen molar-refractivity contribution in [3.63, 3.8) is 0 Å². The third-order valence-corrected chi connectivity index (χ3v) is 5.48. The molecule has 2 aliphatic rings. The molecule has 5 heteroatoms. The normalized spacial score (nSPS) is 37.0. The molecule has 1 heterocycles. The fourth-order valence-corrected chi connectivity index (χ4v) is 3.83. The first-order valence-corrected chi connectivity index (χ1v) is 8.39. The molecule has 4 N–H and O–H groups in total. The Hall–Kier alpha value is -1.10. The lowest BCUT2D eigenvalue weighted by molar-refractivity contribution is -0.899. The second-order valence-electron chi connectivity index (χ2n) is 7.06. The lowest BCUT2D eigenvalue weighted by Gasteiger charge is -2.35. The predicted octanol–water partition coefficient (Wildman–Crippen LogP) is -0.292. The number of hydrogen-bond donors (Lipinski definition) is 3. The topological polar surface area (TPSA) is 76.6 Å². The highest BCUT2D eigenvalue weighted by Gasteiger charge is 2.31. The minimum Gasteiger partial charge on any atom is -0.369 e. The molecule has 2 fully saturated rings. The zero-order valence-corrected chi connectivity index (χ0v) is 13.4. The maximum absolute atomic E-state index is 12.3. The number of nitrogens with one attached hydrogen (secondary N) is 2. The summed E-state index contributed by atoms with van der Waals surface area (Å²) in [6.07, 6.45) is 5.42. The lowest BCUT2D eigenvalue weighted by atomic mass is 9.78. The van der Waals surface area contributed by atoms with Gasteiger partial charge in [-0.05, 0) is 31.1 Å². The van der Waals surface area contributed by atoms with Crippen molar-refractivity contribution in [3.8, 4) is 0 Å². The van der Waals surface area contributed by atoms with Crippen LogP contribution in [-0.2, 0) is 9.59 Å². The van der Waals surface area contributed by atoms with Crippen LogP contribution >= 0.6 is 0 Å². The van der Waals surface area contributed by atoms with Crippen molar-refractivity contribution in [2.24, 2.45) is 23.5 Å². The van der Waals surface area contributed by atoms with Crippen molar-refractivity contribution in [3.05, 3.63) is 0 Å². The van der Waals surface area contributed by atoms with E-state index in [9.17, 15) is 9.59 Å². The minimum atomic E-state index is -0.220. The molecular formula is C16H30N3O2+. The standard InChI is InChI=1S/C16H29N3O2/c1-11-5-3-7-14(12(11)2)18-15(20)10-19-8-4-6-13(9-19)16(17)21/h11-14H,3-10H2,1-2H3,(H2,17,21)(H,18,20)/p+1/t11-,12-,13+,14+/m1/s1. The fraction of sp³-hybridized carbons (Fsp3) is 0.875. The number of rotatable bonds is 4. The summed E-state index contributed by atoms with van der Waals surface area (Å²) in [4.78, 5) is 24.7. The van der Waals surface area contributed by atoms with E-state index in [0.29, 0.717) is 31.0 Å². The molecule has 1 saturated heterocycles. The summed E-state index contributed by atoms with van der Waals surface area (Å²) >= 11 is 0. The lowest BCUT2D eigenvalue weighted by Crippen LogP contribution is -3.15. The van der Waals surface area contributed by atoms with Crippen molar-refractivity contribution >= 4 is 11.8 Å². The Labute approximate surface area is 127 Å². The number of carbonyl (C=O) groups is 2. The van der Waals surface area contributed by atoms with E-state index in [0.717, 1.165) is 25.8 Å². The maximum atomic E-state index is 12.3. The summed E-state index contributed by atoms with van der Waals surface area (Å²) in [7, 11) is 0. The molecule has 0 aromatic carbocycles.